The van der Waals surface area contributed by atoms with Crippen molar-refractivity contribution >= 4 is 11.8 Å². The van der Waals surface area contributed by atoms with Gasteiger partial charge in [0, 0.05) is 18.9 Å². The van der Waals surface area contributed by atoms with Gasteiger partial charge in [0.1, 0.15) is 0 Å². The Kier molecular flexibility index (Phi) is 2.79. The third-order valence-corrected chi connectivity index (χ3v) is 1.95. The highest BCUT2D eigenvalue weighted by molar-refractivity contribution is 5.85. The highest BCUT2D eigenvalue weighted by Gasteiger charge is 2.35. The van der Waals surface area contributed by atoms with Gasteiger partial charge in [-0.2, -0.15) is 0 Å². The first-order valence-electron chi connectivity index (χ1n) is 3.85. The van der Waals surface area contributed by atoms with E-state index in [-0.39, 0.29) is 19.5 Å². The summed E-state index contributed by atoms with van der Waals surface area (Å²) in [5, 5.41) is 0. The van der Waals surface area contributed by atoms with Crippen molar-refractivity contribution in [2.45, 2.75) is 12.8 Å². The largest absolute Gasteiger partial charge is 0.368 e. The van der Waals surface area contributed by atoms with E-state index in [2.05, 4.69) is 0 Å². The van der Waals surface area contributed by atoms with Gasteiger partial charge in [0.05, 0.1) is 6.54 Å². The van der Waals surface area contributed by atoms with Gasteiger partial charge in [-0.1, -0.05) is 0 Å². The van der Waals surface area contributed by atoms with Crippen LogP contribution in [0.4, 0.5) is 8.78 Å². The Morgan fingerprint density at radius 1 is 1.69 bits per heavy atom. The maximum absolute atomic E-state index is 12.1. The molecule has 6 heteroatoms. The summed E-state index contributed by atoms with van der Waals surface area (Å²) in [6.45, 7) is -0.332. The summed E-state index contributed by atoms with van der Waals surface area (Å²) in [7, 11) is 0. The molecule has 1 heterocycles. The zero-order valence-corrected chi connectivity index (χ0v) is 6.87. The Bertz CT molecular complexity index is 233. The van der Waals surface area contributed by atoms with Crippen LogP contribution >= 0.6 is 0 Å². The monoisotopic (exact) mass is 192 g/mol. The maximum atomic E-state index is 12.1. The summed E-state index contributed by atoms with van der Waals surface area (Å²) in [6.07, 6.45) is -2.70. The summed E-state index contributed by atoms with van der Waals surface area (Å²) < 4.78 is 24.3. The predicted octanol–water partition coefficient (Wildman–Crippen LogP) is -0.415. The fraction of sp³-hybridized carbons (Fsp3) is 0.714. The lowest BCUT2D eigenvalue weighted by molar-refractivity contribution is -0.132. The Labute approximate surface area is 73.7 Å². The second-order valence-corrected chi connectivity index (χ2v) is 3.04. The number of primary amides is 1. The summed E-state index contributed by atoms with van der Waals surface area (Å²) in [6, 6.07) is 0. The second-order valence-electron chi connectivity index (χ2n) is 3.04. The zero-order chi connectivity index (χ0) is 10.0. The minimum atomic E-state index is -2.51. The molecule has 0 saturated carbocycles. The van der Waals surface area contributed by atoms with E-state index in [9.17, 15) is 18.4 Å². The minimum Gasteiger partial charge on any atom is -0.368 e. The van der Waals surface area contributed by atoms with E-state index < -0.39 is 24.2 Å². The van der Waals surface area contributed by atoms with Gasteiger partial charge in [-0.15, -0.1) is 0 Å². The van der Waals surface area contributed by atoms with Crippen molar-refractivity contribution in [1.29, 1.82) is 0 Å². The highest BCUT2D eigenvalue weighted by atomic mass is 19.3. The Balaban J connectivity index is 2.51. The molecule has 13 heavy (non-hydrogen) atoms. The van der Waals surface area contributed by atoms with Gasteiger partial charge in [-0.25, -0.2) is 8.78 Å². The average Bonchev–Trinajstić information content (AvgIpc) is 2.31. The van der Waals surface area contributed by atoms with Crippen LogP contribution in [0.1, 0.15) is 6.42 Å². The molecule has 4 nitrogen and oxygen atoms in total. The lowest BCUT2D eigenvalue weighted by Crippen LogP contribution is -2.35. The van der Waals surface area contributed by atoms with E-state index in [0.717, 1.165) is 4.90 Å². The van der Waals surface area contributed by atoms with Gasteiger partial charge < -0.3 is 10.6 Å². The molecule has 0 aliphatic carbocycles. The Morgan fingerprint density at radius 2 is 2.31 bits per heavy atom. The number of nitrogens with zero attached hydrogens (tertiary/aromatic N) is 1. The molecule has 1 aliphatic rings. The molecule has 0 aromatic rings. The first-order valence-corrected chi connectivity index (χ1v) is 3.85. The SMILES string of the molecule is NC(=O)CN1CC(C(F)F)CC1=O. The number of carbonyl (C=O) groups is 2. The van der Waals surface area contributed by atoms with Crippen LogP contribution in [0.25, 0.3) is 0 Å². The van der Waals surface area contributed by atoms with Gasteiger partial charge in [0.25, 0.3) is 0 Å². The van der Waals surface area contributed by atoms with Crippen LogP contribution in [0.2, 0.25) is 0 Å². The summed E-state index contributed by atoms with van der Waals surface area (Å²) in [4.78, 5) is 22.5. The van der Waals surface area contributed by atoms with E-state index in [1.54, 1.807) is 0 Å². The van der Waals surface area contributed by atoms with Crippen LogP contribution in [0.15, 0.2) is 0 Å². The maximum Gasteiger partial charge on any atom is 0.243 e. The number of hydrogen-bond donors (Lipinski definition) is 1. The molecule has 1 fully saturated rings. The number of alkyl halides is 2. The second kappa shape index (κ2) is 3.68. The zero-order valence-electron chi connectivity index (χ0n) is 6.87. The van der Waals surface area contributed by atoms with Crippen LogP contribution in [-0.4, -0.2) is 36.2 Å². The predicted molar refractivity (Wildman–Crippen MR) is 39.9 cm³/mol. The molecule has 0 bridgehead atoms. The number of hydrogen-bond acceptors (Lipinski definition) is 2. The number of amides is 2. The van der Waals surface area contributed by atoms with Crippen molar-refractivity contribution in [3.63, 3.8) is 0 Å². The van der Waals surface area contributed by atoms with Gasteiger partial charge in [0.15, 0.2) is 0 Å². The normalized spacial score (nSPS) is 22.8. The van der Waals surface area contributed by atoms with Crippen LogP contribution < -0.4 is 5.73 Å². The molecule has 2 amide bonds. The number of rotatable bonds is 3. The van der Waals surface area contributed by atoms with Crippen LogP contribution in [0.5, 0.6) is 0 Å². The van der Waals surface area contributed by atoms with Crippen molar-refractivity contribution in [2.24, 2.45) is 11.7 Å². The van der Waals surface area contributed by atoms with Gasteiger partial charge in [0.2, 0.25) is 18.2 Å². The molecule has 1 saturated heterocycles. The smallest absolute Gasteiger partial charge is 0.243 e. The van der Waals surface area contributed by atoms with Crippen LogP contribution in [0.3, 0.4) is 0 Å². The molecule has 2 N–H and O–H groups in total. The van der Waals surface area contributed by atoms with Crippen LogP contribution in [0, 0.1) is 5.92 Å². The molecular weight excluding hydrogens is 182 g/mol. The topological polar surface area (TPSA) is 63.4 Å². The van der Waals surface area contributed by atoms with Crippen molar-refractivity contribution in [3.05, 3.63) is 0 Å². The fourth-order valence-electron chi connectivity index (χ4n) is 1.31. The lowest BCUT2D eigenvalue weighted by atomic mass is 10.1. The molecule has 0 radical (unpaired) electrons. The quantitative estimate of drug-likeness (QED) is 0.660. The van der Waals surface area contributed by atoms with E-state index in [4.69, 9.17) is 5.73 Å². The highest BCUT2D eigenvalue weighted by Crippen LogP contribution is 2.23. The Morgan fingerprint density at radius 3 is 2.69 bits per heavy atom. The van der Waals surface area contributed by atoms with E-state index in [1.165, 1.54) is 0 Å². The van der Waals surface area contributed by atoms with Crippen LogP contribution in [-0.2, 0) is 9.59 Å². The molecular formula is C7H10F2N2O2. The molecule has 1 rings (SSSR count). The first-order chi connectivity index (χ1) is 6.00. The fourth-order valence-corrected chi connectivity index (χ4v) is 1.31. The molecule has 1 unspecified atom stereocenters. The Hall–Kier alpha value is -1.20. The minimum absolute atomic E-state index is 0.0700. The number of likely N-dealkylation sites (tertiary alicyclic amines) is 1. The third kappa shape index (κ3) is 2.37. The molecule has 74 valence electrons. The van der Waals surface area contributed by atoms with Crippen molar-refractivity contribution in [3.8, 4) is 0 Å². The third-order valence-electron chi connectivity index (χ3n) is 1.95. The van der Waals surface area contributed by atoms with Crippen molar-refractivity contribution in [1.82, 2.24) is 4.90 Å². The van der Waals surface area contributed by atoms with Gasteiger partial charge >= 0.3 is 0 Å². The summed E-state index contributed by atoms with van der Waals surface area (Å²) in [5.74, 6) is -2.06. The molecule has 0 aromatic heterocycles. The van der Waals surface area contributed by atoms with Crippen molar-refractivity contribution < 1.29 is 18.4 Å². The molecule has 0 aromatic carbocycles. The first kappa shape index (κ1) is 9.88. The van der Waals surface area contributed by atoms with E-state index in [0.29, 0.717) is 0 Å². The average molecular weight is 192 g/mol. The van der Waals surface area contributed by atoms with Gasteiger partial charge in [-0.05, 0) is 0 Å². The lowest BCUT2D eigenvalue weighted by Gasteiger charge is -2.13. The van der Waals surface area contributed by atoms with E-state index in [1.807, 2.05) is 0 Å². The number of carbonyl (C=O) groups excluding carboxylic acids is 2. The number of nitrogens with two attached hydrogens (primary N) is 1. The molecule has 0 spiro atoms. The molecule has 1 aliphatic heterocycles. The standard InChI is InChI=1S/C7H10F2N2O2/c8-7(9)4-1-6(13)11(2-4)3-5(10)12/h4,7H,1-3H2,(H2,10,12). The van der Waals surface area contributed by atoms with Gasteiger partial charge in [-0.3, -0.25) is 9.59 Å². The molecule has 1 atom stereocenters. The van der Waals surface area contributed by atoms with Crippen molar-refractivity contribution in [2.75, 3.05) is 13.1 Å². The summed E-state index contributed by atoms with van der Waals surface area (Å²) in [5.41, 5.74) is 4.84. The van der Waals surface area contributed by atoms with E-state index >= 15 is 0 Å². The summed E-state index contributed by atoms with van der Waals surface area (Å²) >= 11 is 0. The number of halogens is 2.